The van der Waals surface area contributed by atoms with Crippen molar-refractivity contribution in [2.24, 2.45) is 11.8 Å². The average molecular weight is 882 g/mol. The predicted molar refractivity (Wildman–Crippen MR) is 214 cm³/mol. The molecule has 2 saturated carbocycles. The third-order valence-corrected chi connectivity index (χ3v) is 14.4. The highest BCUT2D eigenvalue weighted by molar-refractivity contribution is 7.91. The maximum absolute atomic E-state index is 14.8. The van der Waals surface area contributed by atoms with Crippen molar-refractivity contribution in [1.29, 1.82) is 0 Å². The number of carbonyl (C=O) groups excluding carboxylic acids is 4. The molecular formula is C41H54F3N5O11S. The van der Waals surface area contributed by atoms with E-state index in [-0.39, 0.29) is 31.1 Å². The number of carbonyl (C=O) groups is 4. The van der Waals surface area contributed by atoms with Gasteiger partial charge in [-0.3, -0.25) is 19.1 Å². The normalized spacial score (nSPS) is 24.4. The van der Waals surface area contributed by atoms with Crippen LogP contribution < -0.4 is 29.6 Å². The average Bonchev–Trinajstić information content (AvgIpc) is 4.08. The zero-order valence-corrected chi connectivity index (χ0v) is 35.9. The van der Waals surface area contributed by atoms with Crippen LogP contribution in [0.4, 0.5) is 18.0 Å². The van der Waals surface area contributed by atoms with Crippen LogP contribution >= 0.6 is 0 Å². The highest BCUT2D eigenvalue weighted by Gasteiger charge is 2.65. The van der Waals surface area contributed by atoms with Crippen LogP contribution in [0.5, 0.6) is 17.5 Å². The predicted octanol–water partition coefficient (Wildman–Crippen LogP) is 4.69. The van der Waals surface area contributed by atoms with Crippen molar-refractivity contribution in [2.45, 2.75) is 119 Å². The van der Waals surface area contributed by atoms with E-state index in [2.05, 4.69) is 20.3 Å². The number of halogens is 3. The highest BCUT2D eigenvalue weighted by Crippen LogP contribution is 2.48. The summed E-state index contributed by atoms with van der Waals surface area (Å²) in [6.07, 6.45) is -1.04. The minimum absolute atomic E-state index is 0.0786. The molecular weight excluding hydrogens is 828 g/mol. The van der Waals surface area contributed by atoms with Gasteiger partial charge in [-0.05, 0) is 62.1 Å². The number of sulfonamides is 1. The lowest BCUT2D eigenvalue weighted by Crippen LogP contribution is -2.65. The molecule has 4 fully saturated rings. The van der Waals surface area contributed by atoms with E-state index < -0.39 is 99.1 Å². The number of allylic oxidation sites excluding steroid dienone is 1. The number of nitrogens with one attached hydrogen (secondary N) is 3. The second-order valence-corrected chi connectivity index (χ2v) is 18.7. The number of fused-ring (bicyclic) bond motifs is 1. The second kappa shape index (κ2) is 17.5. The number of nitrogens with zero attached hydrogens (tertiary/aromatic N) is 2. The van der Waals surface area contributed by atoms with Gasteiger partial charge in [0.25, 0.3) is 11.5 Å². The number of amides is 4. The lowest BCUT2D eigenvalue weighted by Gasteiger charge is -2.41. The molecule has 5 atom stereocenters. The first-order valence-electron chi connectivity index (χ1n) is 20.5. The summed E-state index contributed by atoms with van der Waals surface area (Å²) in [5.74, 6) is -2.88. The number of hydrogen-bond acceptors (Lipinski definition) is 12. The zero-order chi connectivity index (χ0) is 44.5. The molecule has 336 valence electrons. The Hall–Kier alpha value is -4.85. The molecule has 3 N–H and O–H groups in total. The monoisotopic (exact) mass is 881 g/mol. The van der Waals surface area contributed by atoms with Gasteiger partial charge in [-0.15, -0.1) is 0 Å². The van der Waals surface area contributed by atoms with Gasteiger partial charge in [-0.2, -0.15) is 18.2 Å². The van der Waals surface area contributed by atoms with Crippen LogP contribution in [0.25, 0.3) is 10.8 Å². The molecule has 2 aromatic rings. The Morgan fingerprint density at radius 3 is 2.34 bits per heavy atom. The van der Waals surface area contributed by atoms with Crippen molar-refractivity contribution in [3.8, 4) is 17.5 Å². The second-order valence-electron chi connectivity index (χ2n) is 16.5. The molecule has 3 heterocycles. The SMILES string of the molecule is CCC/C=C\[C@@H]1C[C@]1(NC(=O)[C@@H]1C[C@@H](Oc2nc(OC)cc3cc(OC)ccc23)CN1C(=O)[C@@H](NC(=O)OC1(C(F)(F)F)COC1)C(CC)CC)C(=O)NS(=O)(=O)C1(C)CC1. The summed E-state index contributed by atoms with van der Waals surface area (Å²) in [6.45, 7) is 4.90. The lowest BCUT2D eigenvalue weighted by atomic mass is 9.92. The van der Waals surface area contributed by atoms with Crippen molar-refractivity contribution < 1.29 is 64.5 Å². The lowest BCUT2D eigenvalue weighted by molar-refractivity contribution is -0.331. The van der Waals surface area contributed by atoms with Gasteiger partial charge in [0.05, 0.1) is 38.7 Å². The Bertz CT molecular complexity index is 2140. The van der Waals surface area contributed by atoms with Crippen molar-refractivity contribution >= 4 is 44.6 Å². The molecule has 0 bridgehead atoms. The van der Waals surface area contributed by atoms with E-state index in [4.69, 9.17) is 23.7 Å². The van der Waals surface area contributed by atoms with E-state index in [1.807, 2.05) is 13.0 Å². The van der Waals surface area contributed by atoms with E-state index in [0.29, 0.717) is 48.6 Å². The Morgan fingerprint density at radius 2 is 1.77 bits per heavy atom. The molecule has 0 radical (unpaired) electrons. The molecule has 61 heavy (non-hydrogen) atoms. The third kappa shape index (κ3) is 9.20. The Balaban J connectivity index is 1.34. The van der Waals surface area contributed by atoms with Gasteiger partial charge in [0.1, 0.15) is 29.5 Å². The number of aromatic nitrogens is 1. The molecule has 4 aliphatic rings. The van der Waals surface area contributed by atoms with Crippen LogP contribution in [-0.2, 0) is 33.9 Å². The number of pyridine rings is 1. The molecule has 1 aromatic heterocycles. The quantitative estimate of drug-likeness (QED) is 0.175. The first-order valence-corrected chi connectivity index (χ1v) is 22.0. The van der Waals surface area contributed by atoms with Gasteiger partial charge in [0.15, 0.2) is 0 Å². The topological polar surface area (TPSA) is 201 Å². The third-order valence-electron chi connectivity index (χ3n) is 12.3. The van der Waals surface area contributed by atoms with Crippen LogP contribution in [0, 0.1) is 11.8 Å². The largest absolute Gasteiger partial charge is 0.497 e. The zero-order valence-electron chi connectivity index (χ0n) is 35.1. The Morgan fingerprint density at radius 1 is 1.07 bits per heavy atom. The van der Waals surface area contributed by atoms with Crippen molar-refractivity contribution in [2.75, 3.05) is 34.0 Å². The standard InChI is InChI=1S/C41H54F3N5O11S/c1-7-10-11-12-26-20-40(26,36(52)48-61(54,55)38(4)15-16-38)47-33(50)30-19-28(59-34-29-14-13-27(56-5)17-25(29)18-31(45-34)57-6)21-49(30)35(51)32(24(8-2)9-3)46-37(53)60-39(22-58-23-39)41(42,43)44/h11-14,17-18,24,26,28,30,32H,7-10,15-16,19-23H2,1-6H3,(H,46,53)(H,47,50)(H,48,52)/b12-11-/t26-,28-,30+,32+,40-/m1/s1. The summed E-state index contributed by atoms with van der Waals surface area (Å²) < 4.78 is 96.2. The van der Waals surface area contributed by atoms with E-state index in [1.54, 1.807) is 44.2 Å². The van der Waals surface area contributed by atoms with Crippen molar-refractivity contribution in [3.63, 3.8) is 0 Å². The number of alkyl halides is 3. The van der Waals surface area contributed by atoms with E-state index in [1.165, 1.54) is 26.0 Å². The fourth-order valence-electron chi connectivity index (χ4n) is 7.75. The van der Waals surface area contributed by atoms with Crippen LogP contribution in [-0.4, -0.2) is 116 Å². The minimum atomic E-state index is -4.95. The highest BCUT2D eigenvalue weighted by atomic mass is 32.2. The molecule has 6 rings (SSSR count). The summed E-state index contributed by atoms with van der Waals surface area (Å²) >= 11 is 0. The van der Waals surface area contributed by atoms with E-state index in [9.17, 15) is 40.8 Å². The smallest absolute Gasteiger partial charge is 0.433 e. The van der Waals surface area contributed by atoms with E-state index in [0.717, 1.165) is 6.42 Å². The number of alkyl carbamates (subject to hydrolysis) is 1. The van der Waals surface area contributed by atoms with Crippen molar-refractivity contribution in [1.82, 2.24) is 25.2 Å². The first kappa shape index (κ1) is 45.7. The summed E-state index contributed by atoms with van der Waals surface area (Å²) in [5, 5.41) is 6.35. The molecule has 20 heteroatoms. The molecule has 4 amide bonds. The Labute approximate surface area is 352 Å². The molecule has 0 spiro atoms. The first-order chi connectivity index (χ1) is 28.8. The van der Waals surface area contributed by atoms with Crippen molar-refractivity contribution in [3.05, 3.63) is 36.4 Å². The molecule has 16 nitrogen and oxygen atoms in total. The van der Waals surface area contributed by atoms with Gasteiger partial charge in [-0.25, -0.2) is 13.2 Å². The molecule has 0 unspecified atom stereocenters. The van der Waals surface area contributed by atoms with Crippen LogP contribution in [0.3, 0.4) is 0 Å². The molecule has 2 aliphatic heterocycles. The number of methoxy groups -OCH3 is 2. The number of unbranched alkanes of at least 4 members (excludes halogenated alkanes) is 1. The summed E-state index contributed by atoms with van der Waals surface area (Å²) in [4.78, 5) is 62.3. The fourth-order valence-corrected chi connectivity index (χ4v) is 9.06. The number of ether oxygens (including phenoxy) is 5. The fraction of sp³-hybridized carbons (Fsp3) is 0.634. The molecule has 2 aliphatic carbocycles. The van der Waals surface area contributed by atoms with Gasteiger partial charge >= 0.3 is 12.3 Å². The van der Waals surface area contributed by atoms with Crippen LogP contribution in [0.2, 0.25) is 0 Å². The summed E-state index contributed by atoms with van der Waals surface area (Å²) in [7, 11) is -1.17. The number of likely N-dealkylation sites (tertiary alicyclic amines) is 1. The van der Waals surface area contributed by atoms with Crippen LogP contribution in [0.1, 0.15) is 79.1 Å². The van der Waals surface area contributed by atoms with Gasteiger partial charge in [0, 0.05) is 23.8 Å². The van der Waals surface area contributed by atoms with Gasteiger partial charge < -0.3 is 39.2 Å². The van der Waals surface area contributed by atoms with E-state index >= 15 is 0 Å². The van der Waals surface area contributed by atoms with Crippen LogP contribution in [0.15, 0.2) is 36.4 Å². The molecule has 1 aromatic carbocycles. The number of rotatable bonds is 18. The summed E-state index contributed by atoms with van der Waals surface area (Å²) in [6, 6.07) is 4.00. The summed E-state index contributed by atoms with van der Waals surface area (Å²) in [5.41, 5.74) is -4.57. The number of benzene rings is 1. The van der Waals surface area contributed by atoms with Gasteiger partial charge in [-0.1, -0.05) is 52.2 Å². The maximum atomic E-state index is 14.8. The molecule has 2 saturated heterocycles. The number of hydrogen-bond donors (Lipinski definition) is 3. The minimum Gasteiger partial charge on any atom is -0.497 e. The maximum Gasteiger partial charge on any atom is 0.433 e. The van der Waals surface area contributed by atoms with Gasteiger partial charge in [0.2, 0.25) is 33.6 Å². The Kier molecular flexibility index (Phi) is 13.1.